The van der Waals surface area contributed by atoms with Crippen molar-refractivity contribution in [2.75, 3.05) is 14.1 Å². The summed E-state index contributed by atoms with van der Waals surface area (Å²) in [6, 6.07) is 0. The molecule has 0 amide bonds. The number of carbonyl (C=O) groups excluding carboxylic acids is 2. The average molecular weight is 167 g/mol. The lowest BCUT2D eigenvalue weighted by Gasteiger charge is -2.04. The molecule has 0 aromatic rings. The molecule has 0 aromatic carbocycles. The van der Waals surface area contributed by atoms with Gasteiger partial charge in [-0.2, -0.15) is 0 Å². The highest BCUT2D eigenvalue weighted by Crippen LogP contribution is 2.23. The SMILES string of the molecule is C[C@H]1CC(=CN(C)C)C(=O)C1=O. The zero-order chi connectivity index (χ0) is 9.30. The zero-order valence-corrected chi connectivity index (χ0v) is 7.63. The van der Waals surface area contributed by atoms with Gasteiger partial charge in [0.2, 0.25) is 11.6 Å². The van der Waals surface area contributed by atoms with E-state index < -0.39 is 0 Å². The van der Waals surface area contributed by atoms with Gasteiger partial charge in [-0.3, -0.25) is 9.59 Å². The van der Waals surface area contributed by atoms with Gasteiger partial charge >= 0.3 is 0 Å². The Hall–Kier alpha value is -1.12. The largest absolute Gasteiger partial charge is 0.383 e. The normalized spacial score (nSPS) is 26.9. The van der Waals surface area contributed by atoms with Crippen molar-refractivity contribution in [1.82, 2.24) is 4.90 Å². The van der Waals surface area contributed by atoms with Crippen molar-refractivity contribution in [3.05, 3.63) is 11.8 Å². The monoisotopic (exact) mass is 167 g/mol. The van der Waals surface area contributed by atoms with Crippen molar-refractivity contribution >= 4 is 11.6 Å². The predicted octanol–water partition coefficient (Wildman–Crippen LogP) is 0.610. The van der Waals surface area contributed by atoms with Crippen LogP contribution in [-0.4, -0.2) is 30.6 Å². The van der Waals surface area contributed by atoms with Crippen LogP contribution >= 0.6 is 0 Å². The summed E-state index contributed by atoms with van der Waals surface area (Å²) in [7, 11) is 3.68. The van der Waals surface area contributed by atoms with Gasteiger partial charge in [0.15, 0.2) is 0 Å². The average Bonchev–Trinajstić information content (AvgIpc) is 2.17. The number of hydrogen-bond acceptors (Lipinski definition) is 3. The minimum atomic E-state index is -0.309. The van der Waals surface area contributed by atoms with E-state index in [1.807, 2.05) is 14.1 Å². The number of Topliss-reactive ketones (excluding diaryl/α,β-unsaturated/α-hetero) is 2. The summed E-state index contributed by atoms with van der Waals surface area (Å²) in [5.41, 5.74) is 0.637. The number of carbonyl (C=O) groups is 2. The maximum atomic E-state index is 11.2. The highest BCUT2D eigenvalue weighted by atomic mass is 16.2. The van der Waals surface area contributed by atoms with E-state index in [1.54, 1.807) is 18.0 Å². The fourth-order valence-electron chi connectivity index (χ4n) is 1.32. The van der Waals surface area contributed by atoms with Crippen LogP contribution in [0.4, 0.5) is 0 Å². The lowest BCUT2D eigenvalue weighted by molar-refractivity contribution is -0.134. The van der Waals surface area contributed by atoms with Gasteiger partial charge < -0.3 is 4.90 Å². The second kappa shape index (κ2) is 3.09. The van der Waals surface area contributed by atoms with Crippen LogP contribution in [0.1, 0.15) is 13.3 Å². The molecule has 1 atom stereocenters. The number of nitrogens with zero attached hydrogens (tertiary/aromatic N) is 1. The third-order valence-electron chi connectivity index (χ3n) is 1.90. The van der Waals surface area contributed by atoms with E-state index in [9.17, 15) is 9.59 Å². The summed E-state index contributed by atoms with van der Waals surface area (Å²) in [6.45, 7) is 1.79. The second-order valence-electron chi connectivity index (χ2n) is 3.42. The first-order chi connectivity index (χ1) is 5.52. The number of allylic oxidation sites excluding steroid dienone is 1. The third-order valence-corrected chi connectivity index (χ3v) is 1.90. The highest BCUT2D eigenvalue weighted by molar-refractivity contribution is 6.46. The molecule has 1 aliphatic carbocycles. The molecular weight excluding hydrogens is 154 g/mol. The predicted molar refractivity (Wildman–Crippen MR) is 45.6 cm³/mol. The molecule has 0 aromatic heterocycles. The van der Waals surface area contributed by atoms with E-state index in [0.29, 0.717) is 12.0 Å². The smallest absolute Gasteiger partial charge is 0.226 e. The molecule has 0 spiro atoms. The maximum Gasteiger partial charge on any atom is 0.226 e. The zero-order valence-electron chi connectivity index (χ0n) is 7.63. The molecule has 0 radical (unpaired) electrons. The molecule has 3 nitrogen and oxygen atoms in total. The summed E-state index contributed by atoms with van der Waals surface area (Å²) in [4.78, 5) is 24.1. The first kappa shape index (κ1) is 8.97. The van der Waals surface area contributed by atoms with Crippen molar-refractivity contribution < 1.29 is 9.59 Å². The Morgan fingerprint density at radius 1 is 1.42 bits per heavy atom. The van der Waals surface area contributed by atoms with Crippen molar-refractivity contribution in [3.63, 3.8) is 0 Å². The Kier molecular flexibility index (Phi) is 2.31. The number of ketones is 2. The van der Waals surface area contributed by atoms with E-state index >= 15 is 0 Å². The number of hydrogen-bond donors (Lipinski definition) is 0. The van der Waals surface area contributed by atoms with Crippen molar-refractivity contribution in [2.45, 2.75) is 13.3 Å². The van der Waals surface area contributed by atoms with E-state index in [-0.39, 0.29) is 17.5 Å². The van der Waals surface area contributed by atoms with E-state index in [0.717, 1.165) is 0 Å². The first-order valence-corrected chi connectivity index (χ1v) is 3.98. The molecule has 1 aliphatic rings. The minimum Gasteiger partial charge on any atom is -0.383 e. The maximum absolute atomic E-state index is 11.2. The Balaban J connectivity index is 2.85. The summed E-state index contributed by atoms with van der Waals surface area (Å²) >= 11 is 0. The van der Waals surface area contributed by atoms with E-state index in [1.165, 1.54) is 0 Å². The third kappa shape index (κ3) is 1.55. The standard InChI is InChI=1S/C9H13NO2/c1-6-4-7(5-10(2)3)9(12)8(6)11/h5-6H,4H2,1-3H3/t6-/m0/s1. The Morgan fingerprint density at radius 3 is 2.33 bits per heavy atom. The molecule has 0 saturated heterocycles. The molecule has 0 bridgehead atoms. The van der Waals surface area contributed by atoms with Gasteiger partial charge in [-0.05, 0) is 6.42 Å². The molecule has 1 saturated carbocycles. The molecule has 0 aliphatic heterocycles. The van der Waals surface area contributed by atoms with Crippen LogP contribution in [0.15, 0.2) is 11.8 Å². The quantitative estimate of drug-likeness (QED) is 0.424. The van der Waals surface area contributed by atoms with Crippen LogP contribution < -0.4 is 0 Å². The Labute approximate surface area is 72.0 Å². The van der Waals surface area contributed by atoms with Crippen LogP contribution in [0.5, 0.6) is 0 Å². The van der Waals surface area contributed by atoms with Gasteiger partial charge in [-0.25, -0.2) is 0 Å². The van der Waals surface area contributed by atoms with Crippen molar-refractivity contribution in [3.8, 4) is 0 Å². The van der Waals surface area contributed by atoms with Crippen LogP contribution in [0, 0.1) is 5.92 Å². The van der Waals surface area contributed by atoms with E-state index in [4.69, 9.17) is 0 Å². The molecule has 1 fully saturated rings. The summed E-state index contributed by atoms with van der Waals surface area (Å²) < 4.78 is 0. The molecule has 0 heterocycles. The molecule has 12 heavy (non-hydrogen) atoms. The van der Waals surface area contributed by atoms with Crippen molar-refractivity contribution in [2.24, 2.45) is 5.92 Å². The second-order valence-corrected chi connectivity index (χ2v) is 3.42. The Bertz CT molecular complexity index is 253. The van der Waals surface area contributed by atoms with Crippen LogP contribution in [-0.2, 0) is 9.59 Å². The fraction of sp³-hybridized carbons (Fsp3) is 0.556. The van der Waals surface area contributed by atoms with Gasteiger partial charge in [0.05, 0.1) is 0 Å². The van der Waals surface area contributed by atoms with Crippen molar-refractivity contribution in [1.29, 1.82) is 0 Å². The van der Waals surface area contributed by atoms with Crippen LogP contribution in [0.25, 0.3) is 0 Å². The highest BCUT2D eigenvalue weighted by Gasteiger charge is 2.33. The lowest BCUT2D eigenvalue weighted by atomic mass is 10.1. The first-order valence-electron chi connectivity index (χ1n) is 3.98. The van der Waals surface area contributed by atoms with Crippen LogP contribution in [0.3, 0.4) is 0 Å². The molecule has 66 valence electrons. The minimum absolute atomic E-state index is 0.122. The van der Waals surface area contributed by atoms with E-state index in [2.05, 4.69) is 0 Å². The molecular formula is C9H13NO2. The number of rotatable bonds is 1. The summed E-state index contributed by atoms with van der Waals surface area (Å²) in [5, 5.41) is 0. The van der Waals surface area contributed by atoms with Gasteiger partial charge in [0, 0.05) is 31.8 Å². The fourth-order valence-corrected chi connectivity index (χ4v) is 1.32. The lowest BCUT2D eigenvalue weighted by Crippen LogP contribution is -2.12. The molecule has 3 heteroatoms. The summed E-state index contributed by atoms with van der Waals surface area (Å²) in [5.74, 6) is -0.678. The molecule has 0 unspecified atom stereocenters. The van der Waals surface area contributed by atoms with Gasteiger partial charge in [0.1, 0.15) is 0 Å². The van der Waals surface area contributed by atoms with Crippen LogP contribution in [0.2, 0.25) is 0 Å². The Morgan fingerprint density at radius 2 is 2.00 bits per heavy atom. The summed E-state index contributed by atoms with van der Waals surface area (Å²) in [6.07, 6.45) is 2.32. The molecule has 0 N–H and O–H groups in total. The topological polar surface area (TPSA) is 37.4 Å². The van der Waals surface area contributed by atoms with Gasteiger partial charge in [-0.15, -0.1) is 0 Å². The van der Waals surface area contributed by atoms with Gasteiger partial charge in [-0.1, -0.05) is 6.92 Å². The molecule has 1 rings (SSSR count). The van der Waals surface area contributed by atoms with Gasteiger partial charge in [0.25, 0.3) is 0 Å².